The van der Waals surface area contributed by atoms with E-state index in [4.69, 9.17) is 20.4 Å². The first-order chi connectivity index (χ1) is 13.3. The zero-order valence-electron chi connectivity index (χ0n) is 15.4. The topological polar surface area (TPSA) is 101 Å². The first kappa shape index (κ1) is 22.5. The van der Waals surface area contributed by atoms with Gasteiger partial charge in [0.05, 0.1) is 12.2 Å². The summed E-state index contributed by atoms with van der Waals surface area (Å²) in [5.74, 6) is -0.112. The number of aromatic nitrogens is 2. The summed E-state index contributed by atoms with van der Waals surface area (Å²) in [6, 6.07) is 3.29. The summed E-state index contributed by atoms with van der Waals surface area (Å²) in [4.78, 5) is 5.85. The van der Waals surface area contributed by atoms with Crippen LogP contribution in [0.15, 0.2) is 35.4 Å². The van der Waals surface area contributed by atoms with Gasteiger partial charge in [0.1, 0.15) is 11.8 Å². The number of hydrogen-bond donors (Lipinski definition) is 2. The first-order valence-electron chi connectivity index (χ1n) is 8.71. The number of guanidine groups is 1. The second-order valence-electron chi connectivity index (χ2n) is 6.33. The maximum atomic E-state index is 13.4. The molecule has 3 rings (SSSR count). The lowest BCUT2D eigenvalue weighted by atomic mass is 10.1. The summed E-state index contributed by atoms with van der Waals surface area (Å²) in [5, 5.41) is 11.4. The van der Waals surface area contributed by atoms with Crippen molar-refractivity contribution in [1.29, 1.82) is 5.41 Å². The minimum atomic E-state index is -4.59. The Balaban J connectivity index is 0.00000300. The molecule has 11 heteroatoms. The molecule has 0 amide bonds. The van der Waals surface area contributed by atoms with Gasteiger partial charge in [0.2, 0.25) is 11.7 Å². The first-order valence-corrected chi connectivity index (χ1v) is 8.71. The third kappa shape index (κ3) is 5.00. The van der Waals surface area contributed by atoms with Crippen molar-refractivity contribution in [2.75, 3.05) is 13.2 Å². The molecule has 2 aromatic rings. The fourth-order valence-corrected chi connectivity index (χ4v) is 3.07. The second-order valence-corrected chi connectivity index (χ2v) is 6.33. The Kier molecular flexibility index (Phi) is 7.12. The van der Waals surface area contributed by atoms with E-state index in [1.807, 2.05) is 0 Å². The van der Waals surface area contributed by atoms with Gasteiger partial charge in [0.25, 0.3) is 0 Å². The highest BCUT2D eigenvalue weighted by Gasteiger charge is 2.36. The molecule has 29 heavy (non-hydrogen) atoms. The van der Waals surface area contributed by atoms with E-state index >= 15 is 0 Å². The third-order valence-corrected chi connectivity index (χ3v) is 4.41. The normalized spacial score (nSPS) is 16.4. The summed E-state index contributed by atoms with van der Waals surface area (Å²) in [6.07, 6.45) is -1.12. The highest BCUT2D eigenvalue weighted by Crippen LogP contribution is 2.39. The van der Waals surface area contributed by atoms with Crippen LogP contribution in [0, 0.1) is 5.41 Å². The Morgan fingerprint density at radius 2 is 2.21 bits per heavy atom. The van der Waals surface area contributed by atoms with Gasteiger partial charge in [-0.3, -0.25) is 5.41 Å². The number of hydrogen-bond acceptors (Lipinski definition) is 5. The van der Waals surface area contributed by atoms with Crippen LogP contribution in [0.5, 0.6) is 5.75 Å². The van der Waals surface area contributed by atoms with Gasteiger partial charge in [-0.05, 0) is 37.5 Å². The molecule has 0 spiro atoms. The number of halogens is 4. The van der Waals surface area contributed by atoms with Crippen molar-refractivity contribution < 1.29 is 22.4 Å². The van der Waals surface area contributed by atoms with E-state index in [2.05, 4.69) is 16.7 Å². The summed E-state index contributed by atoms with van der Waals surface area (Å²) < 4.78 is 50.8. The zero-order valence-corrected chi connectivity index (χ0v) is 16.2. The van der Waals surface area contributed by atoms with Gasteiger partial charge in [-0.25, -0.2) is 0 Å². The van der Waals surface area contributed by atoms with Crippen LogP contribution in [0.4, 0.5) is 13.2 Å². The van der Waals surface area contributed by atoms with Crippen LogP contribution in [-0.4, -0.2) is 34.2 Å². The monoisotopic (exact) mass is 431 g/mol. The van der Waals surface area contributed by atoms with E-state index < -0.39 is 11.7 Å². The van der Waals surface area contributed by atoms with Gasteiger partial charge < -0.3 is 19.9 Å². The van der Waals surface area contributed by atoms with Gasteiger partial charge in [-0.2, -0.15) is 18.2 Å². The Morgan fingerprint density at radius 1 is 1.45 bits per heavy atom. The molecular weight excluding hydrogens is 411 g/mol. The Morgan fingerprint density at radius 3 is 2.86 bits per heavy atom. The number of ether oxygens (including phenoxy) is 1. The van der Waals surface area contributed by atoms with E-state index in [1.165, 1.54) is 12.1 Å². The molecule has 0 bridgehead atoms. The molecule has 1 aliphatic rings. The van der Waals surface area contributed by atoms with Crippen molar-refractivity contribution in [3.8, 4) is 17.1 Å². The average molecular weight is 432 g/mol. The second kappa shape index (κ2) is 9.17. The minimum Gasteiger partial charge on any atom is -0.493 e. The molecule has 7 nitrogen and oxygen atoms in total. The smallest absolute Gasteiger partial charge is 0.419 e. The molecule has 1 aliphatic heterocycles. The molecule has 2 heterocycles. The van der Waals surface area contributed by atoms with Gasteiger partial charge in [-0.15, -0.1) is 19.0 Å². The lowest BCUT2D eigenvalue weighted by molar-refractivity contribution is -0.138. The van der Waals surface area contributed by atoms with E-state index in [-0.39, 0.29) is 54.0 Å². The standard InChI is InChI=1S/C18H20F3N5O2.ClH/c1-2-3-9-27-14-7-6-11(10-12(14)18(19,20)21)15-24-16(28-25-15)13-5-4-8-26(13)17(22)23;/h2,6-7,10,13H,1,3-5,8-9H2,(H3,22,23);1H/t13-;/m0./s1. The van der Waals surface area contributed by atoms with Crippen LogP contribution >= 0.6 is 12.4 Å². The lowest BCUT2D eigenvalue weighted by Crippen LogP contribution is -2.35. The van der Waals surface area contributed by atoms with E-state index in [0.29, 0.717) is 19.4 Å². The molecule has 1 aromatic heterocycles. The fraction of sp³-hybridized carbons (Fsp3) is 0.389. The number of nitrogens with two attached hydrogens (primary N) is 1. The van der Waals surface area contributed by atoms with Crippen LogP contribution in [0.2, 0.25) is 0 Å². The zero-order chi connectivity index (χ0) is 20.3. The number of rotatable bonds is 6. The van der Waals surface area contributed by atoms with Crippen molar-refractivity contribution in [2.24, 2.45) is 5.73 Å². The molecular formula is C18H21ClF3N5O2. The lowest BCUT2D eigenvalue weighted by Gasteiger charge is -2.21. The van der Waals surface area contributed by atoms with Crippen molar-refractivity contribution >= 4 is 18.4 Å². The van der Waals surface area contributed by atoms with E-state index in [0.717, 1.165) is 12.5 Å². The van der Waals surface area contributed by atoms with Gasteiger partial charge >= 0.3 is 6.18 Å². The van der Waals surface area contributed by atoms with E-state index in [9.17, 15) is 13.2 Å². The van der Waals surface area contributed by atoms with Crippen LogP contribution in [0.25, 0.3) is 11.4 Å². The number of likely N-dealkylation sites (tertiary alicyclic amines) is 1. The SMILES string of the molecule is C=CCCOc1ccc(-c2noc([C@@H]3CCCN3C(=N)N)n2)cc1C(F)(F)F.Cl. The van der Waals surface area contributed by atoms with Gasteiger partial charge in [0.15, 0.2) is 5.96 Å². The van der Waals surface area contributed by atoms with Crippen LogP contribution < -0.4 is 10.5 Å². The highest BCUT2D eigenvalue weighted by atomic mass is 35.5. The van der Waals surface area contributed by atoms with E-state index in [1.54, 1.807) is 11.0 Å². The number of nitrogens with zero attached hydrogens (tertiary/aromatic N) is 3. The minimum absolute atomic E-state index is 0. The summed E-state index contributed by atoms with van der Waals surface area (Å²) in [5.41, 5.74) is 4.80. The number of alkyl halides is 3. The van der Waals surface area contributed by atoms with Gasteiger partial charge in [0, 0.05) is 12.1 Å². The molecule has 1 fully saturated rings. The van der Waals surface area contributed by atoms with Crippen LogP contribution in [0.3, 0.4) is 0 Å². The van der Waals surface area contributed by atoms with Crippen molar-refractivity contribution in [3.05, 3.63) is 42.3 Å². The molecule has 0 saturated carbocycles. The molecule has 0 radical (unpaired) electrons. The predicted molar refractivity (Wildman–Crippen MR) is 103 cm³/mol. The van der Waals surface area contributed by atoms with Crippen LogP contribution in [0.1, 0.15) is 36.8 Å². The Labute approximate surface area is 171 Å². The van der Waals surface area contributed by atoms with Crippen molar-refractivity contribution in [2.45, 2.75) is 31.5 Å². The molecule has 1 aromatic carbocycles. The van der Waals surface area contributed by atoms with Crippen LogP contribution in [-0.2, 0) is 6.18 Å². The van der Waals surface area contributed by atoms with Crippen molar-refractivity contribution in [3.63, 3.8) is 0 Å². The molecule has 1 atom stereocenters. The summed E-state index contributed by atoms with van der Waals surface area (Å²) in [6.45, 7) is 4.20. The molecule has 0 unspecified atom stereocenters. The molecule has 158 valence electrons. The molecule has 1 saturated heterocycles. The highest BCUT2D eigenvalue weighted by molar-refractivity contribution is 5.85. The number of benzene rings is 1. The third-order valence-electron chi connectivity index (χ3n) is 4.41. The fourth-order valence-electron chi connectivity index (χ4n) is 3.07. The maximum Gasteiger partial charge on any atom is 0.419 e. The summed E-state index contributed by atoms with van der Waals surface area (Å²) >= 11 is 0. The average Bonchev–Trinajstić information content (AvgIpc) is 3.30. The molecule has 0 aliphatic carbocycles. The Hall–Kier alpha value is -2.75. The quantitative estimate of drug-likeness (QED) is 0.308. The largest absolute Gasteiger partial charge is 0.493 e. The molecule has 3 N–H and O–H groups in total. The summed E-state index contributed by atoms with van der Waals surface area (Å²) in [7, 11) is 0. The van der Waals surface area contributed by atoms with Crippen molar-refractivity contribution in [1.82, 2.24) is 15.0 Å². The Bertz CT molecular complexity index is 871. The predicted octanol–water partition coefficient (Wildman–Crippen LogP) is 4.16. The van der Waals surface area contributed by atoms with Gasteiger partial charge in [-0.1, -0.05) is 11.2 Å². The number of nitrogens with one attached hydrogen (secondary N) is 1. The maximum absolute atomic E-state index is 13.4.